The van der Waals surface area contributed by atoms with Crippen LogP contribution >= 0.6 is 0 Å². The molecule has 45 nitrogen and oxygen atoms in total. The van der Waals surface area contributed by atoms with E-state index in [9.17, 15) is 132 Å². The Kier molecular flexibility index (Phi) is 29.9. The molecule has 0 aromatic heterocycles. The number of carbonyl (C=O) groups excluding carboxylic acids is 4. The first-order valence-electron chi connectivity index (χ1n) is 32.1. The highest BCUT2D eigenvalue weighted by Crippen LogP contribution is 2.40. The lowest BCUT2D eigenvalue weighted by molar-refractivity contribution is -0.407. The number of aliphatic hydroxyl groups is 22. The maximum atomic E-state index is 13.0. The van der Waals surface area contributed by atoms with E-state index in [0.717, 1.165) is 27.7 Å². The molecule has 101 heavy (non-hydrogen) atoms. The molecule has 0 aromatic rings. The van der Waals surface area contributed by atoms with Gasteiger partial charge in [0.05, 0.1) is 52.9 Å². The second-order valence-electron chi connectivity index (χ2n) is 25.4. The molecule has 0 aromatic carbocycles. The first-order valence-corrected chi connectivity index (χ1v) is 32.1. The molecule has 8 aliphatic rings. The van der Waals surface area contributed by atoms with E-state index in [4.69, 9.17) is 71.1 Å². The van der Waals surface area contributed by atoms with Gasteiger partial charge in [0, 0.05) is 27.7 Å². The number of hydrogen-bond donors (Lipinski definition) is 26. The molecule has 0 spiro atoms. The van der Waals surface area contributed by atoms with Gasteiger partial charge in [-0.3, -0.25) is 19.2 Å². The van der Waals surface area contributed by atoms with Gasteiger partial charge in [-0.2, -0.15) is 0 Å². The number of ether oxygens (including phenoxy) is 15. The Bertz CT molecular complexity index is 2640. The van der Waals surface area contributed by atoms with Crippen LogP contribution in [0.4, 0.5) is 0 Å². The lowest BCUT2D eigenvalue weighted by Gasteiger charge is -2.52. The number of hydrogen-bond acceptors (Lipinski definition) is 41. The van der Waals surface area contributed by atoms with Crippen LogP contribution in [-0.4, -0.2) is 434 Å². The van der Waals surface area contributed by atoms with Gasteiger partial charge in [-0.15, -0.1) is 0 Å². The molecule has 8 saturated heterocycles. The molecule has 45 heteroatoms. The zero-order valence-electron chi connectivity index (χ0n) is 54.3. The summed E-state index contributed by atoms with van der Waals surface area (Å²) in [5, 5.41) is 253. The van der Waals surface area contributed by atoms with Crippen molar-refractivity contribution < 1.29 is 203 Å². The average Bonchev–Trinajstić information content (AvgIpc) is 0.769. The predicted molar refractivity (Wildman–Crippen MR) is 311 cm³/mol. The van der Waals surface area contributed by atoms with E-state index in [1.807, 2.05) is 0 Å². The summed E-state index contributed by atoms with van der Waals surface area (Å²) in [5.74, 6) is -3.55. The smallest absolute Gasteiger partial charge is 0.217 e. The van der Waals surface area contributed by atoms with Crippen LogP contribution in [0, 0.1) is 0 Å². The highest BCUT2D eigenvalue weighted by Gasteiger charge is 2.61. The number of rotatable bonds is 26. The van der Waals surface area contributed by atoms with Crippen LogP contribution in [0.3, 0.4) is 0 Å². The maximum absolute atomic E-state index is 13.0. The zero-order valence-corrected chi connectivity index (χ0v) is 54.3. The SMILES string of the molecule is CC(=O)N[C@H]1[C@H](O[C@H]2[C@H](O)[C@@H](NC(C)=O)C(O)O[C@@H]2CO)O[C@H](CO)[C@@H](O[C@@H]2O[C@H](CO[C@H]3O[C@H](CO)[C@@H](O)[C@H](O[C@H]4O[C@H](CO)[C@@H](O)[C@H](O)[C@@H]4O)[C@@H]3O)[C@@H](O[C@@H]3O[C@H](CO)[C@@H](O)[C@H](O)[C@H]3NC(C)=O)[C@H](O[C@H]3O[C@H](CO)[C@@H](O)[C@H](O)[C@@H]3O[C@@H]3O[C@H](CO)[C@@H](O)[C@H](O)[C@H]3NC(C)=O)[C@@H]2O)[C@@H]1O. The van der Waals surface area contributed by atoms with Gasteiger partial charge in [0.1, 0.15) is 195 Å². The second kappa shape index (κ2) is 36.3. The van der Waals surface area contributed by atoms with Gasteiger partial charge in [0.2, 0.25) is 23.6 Å². The van der Waals surface area contributed by atoms with Gasteiger partial charge in [0.25, 0.3) is 0 Å². The van der Waals surface area contributed by atoms with Crippen LogP contribution in [0.1, 0.15) is 27.7 Å². The average molecular weight is 1480 g/mol. The van der Waals surface area contributed by atoms with Crippen LogP contribution in [0.15, 0.2) is 0 Å². The summed E-state index contributed by atoms with van der Waals surface area (Å²) < 4.78 is 90.0. The molecule has 40 atom stereocenters. The third-order valence-corrected chi connectivity index (χ3v) is 18.2. The van der Waals surface area contributed by atoms with E-state index in [1.165, 1.54) is 0 Å². The van der Waals surface area contributed by atoms with Crippen molar-refractivity contribution in [3.63, 3.8) is 0 Å². The molecule has 1 unspecified atom stereocenters. The maximum Gasteiger partial charge on any atom is 0.217 e. The number of carbonyl (C=O) groups is 4. The fraction of sp³-hybridized carbons (Fsp3) is 0.929. The number of nitrogens with one attached hydrogen (secondary N) is 4. The molecular weight excluding hydrogens is 1380 g/mol. The lowest BCUT2D eigenvalue weighted by Crippen LogP contribution is -2.71. The molecule has 8 rings (SSSR count). The topological polar surface area (TPSA) is 700 Å². The minimum atomic E-state index is -2.63. The standard InChI is InChI=1S/C56H94N4O41/c1-13(68)57-25-36(79)43(22(10-66)88-49(25)86)96-52-28(60-16(4)71)37(80)44(23(11-67)94-52)97-55-42(85)47(100-56-48(39(82)32(75)20(8-64)93-56)101-51-27(59-15(3)70)35(78)30(73)18(6-62)90-51)45(98-50-26(58-14(2)69)34(77)29(72)17(5-61)89-50)24(95-55)12-87-53-41(84)46(33(76)21(9-65)91-53)99-54-40(83)38(81)31(74)19(7-63)92-54/h17-56,61-67,72-86H,5-12H2,1-4H3,(H,57,68)(H,58,69)(H,59,70)(H,60,71)/t17-,18-,19-,20-,21-,22-,23-,24-,25-,26-,27-,28-,29-,30-,31-,32-,33-,34-,35-,36-,37-,38+,39+,40+,41+,42+,43-,44-,45-,46+,47-,48+,49?,50+,51+,52+,53+,54-,55+,56-/m1/s1. The summed E-state index contributed by atoms with van der Waals surface area (Å²) in [7, 11) is 0. The Hall–Kier alpha value is -3.60. The summed E-state index contributed by atoms with van der Waals surface area (Å²) in [5.41, 5.74) is 0. The summed E-state index contributed by atoms with van der Waals surface area (Å²) in [6.07, 6.45) is -75.5. The largest absolute Gasteiger partial charge is 0.394 e. The van der Waals surface area contributed by atoms with Crippen molar-refractivity contribution in [3.8, 4) is 0 Å². The summed E-state index contributed by atoms with van der Waals surface area (Å²) in [6.45, 7) is -4.93. The minimum Gasteiger partial charge on any atom is -0.394 e. The Morgan fingerprint density at radius 3 is 1.04 bits per heavy atom. The van der Waals surface area contributed by atoms with Crippen LogP contribution in [0.2, 0.25) is 0 Å². The van der Waals surface area contributed by atoms with Gasteiger partial charge < -0.3 is 205 Å². The van der Waals surface area contributed by atoms with E-state index in [-0.39, 0.29) is 0 Å². The van der Waals surface area contributed by atoms with Gasteiger partial charge in [-0.1, -0.05) is 0 Å². The second-order valence-corrected chi connectivity index (χ2v) is 25.4. The van der Waals surface area contributed by atoms with Crippen molar-refractivity contribution in [2.45, 2.75) is 273 Å². The molecule has 8 heterocycles. The van der Waals surface area contributed by atoms with Gasteiger partial charge in [-0.25, -0.2) is 0 Å². The van der Waals surface area contributed by atoms with Gasteiger partial charge in [-0.05, 0) is 0 Å². The van der Waals surface area contributed by atoms with Crippen molar-refractivity contribution in [3.05, 3.63) is 0 Å². The molecule has 0 radical (unpaired) electrons. The zero-order chi connectivity index (χ0) is 74.5. The summed E-state index contributed by atoms with van der Waals surface area (Å²) in [6, 6.07) is -7.32. The fourth-order valence-electron chi connectivity index (χ4n) is 13.0. The van der Waals surface area contributed by atoms with Crippen molar-refractivity contribution in [1.82, 2.24) is 21.3 Å². The highest BCUT2D eigenvalue weighted by atomic mass is 16.8. The third-order valence-electron chi connectivity index (χ3n) is 18.2. The summed E-state index contributed by atoms with van der Waals surface area (Å²) >= 11 is 0. The predicted octanol–water partition coefficient (Wildman–Crippen LogP) is -17.9. The normalized spacial score (nSPS) is 48.3. The molecule has 8 fully saturated rings. The van der Waals surface area contributed by atoms with Crippen molar-refractivity contribution in [2.75, 3.05) is 52.9 Å². The first kappa shape index (κ1) is 83.0. The number of amides is 4. The minimum absolute atomic E-state index is 0.783. The Morgan fingerprint density at radius 2 is 0.564 bits per heavy atom. The molecule has 8 aliphatic heterocycles. The van der Waals surface area contributed by atoms with E-state index in [1.54, 1.807) is 0 Å². The lowest BCUT2D eigenvalue weighted by atomic mass is 9.93. The van der Waals surface area contributed by atoms with Crippen LogP contribution in [0.5, 0.6) is 0 Å². The van der Waals surface area contributed by atoms with Crippen molar-refractivity contribution in [2.24, 2.45) is 0 Å². The van der Waals surface area contributed by atoms with Crippen molar-refractivity contribution >= 4 is 23.6 Å². The van der Waals surface area contributed by atoms with E-state index in [0.29, 0.717) is 0 Å². The van der Waals surface area contributed by atoms with Crippen LogP contribution in [-0.2, 0) is 90.2 Å². The van der Waals surface area contributed by atoms with E-state index < -0.39 is 322 Å². The van der Waals surface area contributed by atoms with E-state index >= 15 is 0 Å². The molecule has 0 saturated carbocycles. The Balaban J connectivity index is 1.24. The molecule has 0 bridgehead atoms. The summed E-state index contributed by atoms with van der Waals surface area (Å²) in [4.78, 5) is 50.6. The van der Waals surface area contributed by atoms with Crippen molar-refractivity contribution in [1.29, 1.82) is 0 Å². The first-order chi connectivity index (χ1) is 47.8. The van der Waals surface area contributed by atoms with E-state index in [2.05, 4.69) is 21.3 Å². The third kappa shape index (κ3) is 18.5. The molecule has 4 amide bonds. The molecular formula is C56H94N4O41. The Morgan fingerprint density at radius 1 is 0.257 bits per heavy atom. The monoisotopic (exact) mass is 1480 g/mol. The van der Waals surface area contributed by atoms with Crippen LogP contribution in [0.25, 0.3) is 0 Å². The quantitative estimate of drug-likeness (QED) is 0.0382. The fourth-order valence-corrected chi connectivity index (χ4v) is 13.0. The van der Waals surface area contributed by atoms with Gasteiger partial charge >= 0.3 is 0 Å². The van der Waals surface area contributed by atoms with Gasteiger partial charge in [0.15, 0.2) is 50.3 Å². The Labute approximate surface area is 572 Å². The molecule has 0 aliphatic carbocycles. The molecule has 584 valence electrons. The van der Waals surface area contributed by atoms with Crippen LogP contribution < -0.4 is 21.3 Å². The highest BCUT2D eigenvalue weighted by molar-refractivity contribution is 5.74. The number of aliphatic hydroxyl groups excluding tert-OH is 22. The molecule has 26 N–H and O–H groups in total.